The van der Waals surface area contributed by atoms with E-state index >= 15 is 0 Å². The van der Waals surface area contributed by atoms with Gasteiger partial charge in [-0.25, -0.2) is 4.90 Å². The predicted octanol–water partition coefficient (Wildman–Crippen LogP) is 4.70. The Morgan fingerprint density at radius 2 is 1.44 bits per heavy atom. The molecule has 2 saturated heterocycles. The van der Waals surface area contributed by atoms with E-state index in [-0.39, 0.29) is 27.6 Å². The largest absolute Gasteiger partial charge is 0.495 e. The van der Waals surface area contributed by atoms with Crippen molar-refractivity contribution in [2.75, 3.05) is 12.0 Å². The van der Waals surface area contributed by atoms with Gasteiger partial charge < -0.3 is 9.47 Å². The molecule has 7 nitrogen and oxygen atoms in total. The highest BCUT2D eigenvalue weighted by Gasteiger charge is 2.74. The Morgan fingerprint density at radius 1 is 0.833 bits per heavy atom. The average molecular weight is 522 g/mol. The van der Waals surface area contributed by atoms with Gasteiger partial charge in [-0.15, -0.1) is 0 Å². The van der Waals surface area contributed by atoms with Crippen LogP contribution in [0.4, 0.5) is 5.69 Å². The first-order valence-corrected chi connectivity index (χ1v) is 11.9. The molecule has 0 saturated carbocycles. The average Bonchev–Trinajstić information content (AvgIpc) is 3.44. The van der Waals surface area contributed by atoms with Crippen molar-refractivity contribution in [3.05, 3.63) is 93.5 Å². The Hall–Kier alpha value is -3.52. The zero-order valence-corrected chi connectivity index (χ0v) is 20.2. The van der Waals surface area contributed by atoms with Crippen molar-refractivity contribution in [1.82, 2.24) is 0 Å². The minimum absolute atomic E-state index is 0.134. The van der Waals surface area contributed by atoms with Gasteiger partial charge in [0.25, 0.3) is 0 Å². The number of amides is 2. The third-order valence-corrected chi connectivity index (χ3v) is 7.59. The Bertz CT molecular complexity index is 1450. The molecule has 0 bridgehead atoms. The second kappa shape index (κ2) is 8.00. The van der Waals surface area contributed by atoms with Crippen LogP contribution in [0.15, 0.2) is 66.7 Å². The highest BCUT2D eigenvalue weighted by Crippen LogP contribution is 2.58. The number of hydrogen-bond donors (Lipinski definition) is 0. The molecule has 2 amide bonds. The van der Waals surface area contributed by atoms with Crippen molar-refractivity contribution >= 4 is 52.3 Å². The molecule has 3 aromatic rings. The number of benzene rings is 3. The zero-order valence-electron chi connectivity index (χ0n) is 18.7. The topological polar surface area (TPSA) is 90.0 Å². The monoisotopic (exact) mass is 521 g/mol. The van der Waals surface area contributed by atoms with Crippen LogP contribution in [0.5, 0.6) is 5.75 Å². The van der Waals surface area contributed by atoms with Crippen molar-refractivity contribution < 1.29 is 28.7 Å². The smallest absolute Gasteiger partial charge is 0.241 e. The summed E-state index contributed by atoms with van der Waals surface area (Å²) in [7, 11) is 1.40. The molecule has 3 aliphatic rings. The summed E-state index contributed by atoms with van der Waals surface area (Å²) < 4.78 is 11.6. The number of hydrogen-bond acceptors (Lipinski definition) is 6. The SMILES string of the molecule is COc1ccc(Cl)cc1N1C(=O)[C@H]2[C@@H](C1=O)C1(O[C@H]2c2ccc(Cl)cc2)C(=O)c2ccccc2C1=O. The van der Waals surface area contributed by atoms with E-state index in [0.717, 1.165) is 4.90 Å². The first-order valence-electron chi connectivity index (χ1n) is 11.1. The lowest BCUT2D eigenvalue weighted by molar-refractivity contribution is -0.127. The van der Waals surface area contributed by atoms with Crippen LogP contribution >= 0.6 is 23.2 Å². The van der Waals surface area contributed by atoms with E-state index in [2.05, 4.69) is 0 Å². The van der Waals surface area contributed by atoms with E-state index in [4.69, 9.17) is 32.7 Å². The van der Waals surface area contributed by atoms with Crippen molar-refractivity contribution in [2.24, 2.45) is 11.8 Å². The van der Waals surface area contributed by atoms with Gasteiger partial charge in [0, 0.05) is 21.2 Å². The summed E-state index contributed by atoms with van der Waals surface area (Å²) in [5.74, 6) is -4.86. The molecule has 9 heteroatoms. The molecule has 180 valence electrons. The Labute approximate surface area is 215 Å². The molecule has 0 N–H and O–H groups in total. The van der Waals surface area contributed by atoms with Crippen LogP contribution in [0.3, 0.4) is 0 Å². The van der Waals surface area contributed by atoms with Gasteiger partial charge >= 0.3 is 0 Å². The van der Waals surface area contributed by atoms with Crippen LogP contribution in [0.25, 0.3) is 0 Å². The molecule has 2 aliphatic heterocycles. The van der Waals surface area contributed by atoms with Gasteiger partial charge in [0.1, 0.15) is 5.75 Å². The van der Waals surface area contributed by atoms with Gasteiger partial charge in [0.15, 0.2) is 0 Å². The number of methoxy groups -OCH3 is 1. The van der Waals surface area contributed by atoms with Crippen LogP contribution < -0.4 is 9.64 Å². The van der Waals surface area contributed by atoms with E-state index in [0.29, 0.717) is 10.6 Å². The summed E-state index contributed by atoms with van der Waals surface area (Å²) in [6.45, 7) is 0. The Kier molecular flexibility index (Phi) is 5.09. The Balaban J connectivity index is 1.56. The molecule has 2 fully saturated rings. The maximum Gasteiger partial charge on any atom is 0.241 e. The van der Waals surface area contributed by atoms with Gasteiger partial charge in [0.05, 0.1) is 30.7 Å². The first-order chi connectivity index (χ1) is 17.3. The molecule has 0 unspecified atom stereocenters. The second-order valence-corrected chi connectivity index (χ2v) is 9.73. The number of carbonyl (C=O) groups is 4. The number of halogens is 2. The normalized spacial score (nSPS) is 24.0. The summed E-state index contributed by atoms with van der Waals surface area (Å²) in [6.07, 6.45) is -1.04. The number of ketones is 2. The molecule has 0 radical (unpaired) electrons. The van der Waals surface area contributed by atoms with Crippen molar-refractivity contribution in [3.63, 3.8) is 0 Å². The molecular weight excluding hydrogens is 505 g/mol. The third-order valence-electron chi connectivity index (χ3n) is 7.10. The van der Waals surface area contributed by atoms with Crippen molar-refractivity contribution in [2.45, 2.75) is 11.7 Å². The zero-order chi connectivity index (χ0) is 25.4. The predicted molar refractivity (Wildman–Crippen MR) is 131 cm³/mol. The molecule has 3 atom stereocenters. The molecule has 6 rings (SSSR count). The quantitative estimate of drug-likeness (QED) is 0.366. The van der Waals surface area contributed by atoms with E-state index < -0.39 is 46.9 Å². The molecule has 0 aromatic heterocycles. The van der Waals surface area contributed by atoms with Crippen LogP contribution in [-0.4, -0.2) is 36.1 Å². The first kappa shape index (κ1) is 22.9. The second-order valence-electron chi connectivity index (χ2n) is 8.86. The highest BCUT2D eigenvalue weighted by atomic mass is 35.5. The van der Waals surface area contributed by atoms with Crippen LogP contribution in [0.1, 0.15) is 32.4 Å². The standard InChI is InChI=1S/C27H17Cl2NO6/c1-35-19-11-10-15(29)12-18(19)30-25(33)20-21(26(30)34)27(36-22(20)13-6-8-14(28)9-7-13)23(31)16-4-2-3-5-17(16)24(27)32/h2-12,20-22H,1H3/t20-,21-,22-/m0/s1. The molecular formula is C27H17Cl2NO6. The summed E-state index contributed by atoms with van der Waals surface area (Å²) in [5, 5.41) is 0.742. The number of imide groups is 1. The number of Topliss-reactive ketones (excluding diaryl/α,β-unsaturated/α-hetero) is 2. The van der Waals surface area contributed by atoms with Crippen molar-refractivity contribution in [1.29, 1.82) is 0 Å². The fourth-order valence-corrected chi connectivity index (χ4v) is 5.84. The lowest BCUT2D eigenvalue weighted by Gasteiger charge is -2.27. The van der Waals surface area contributed by atoms with Crippen LogP contribution in [-0.2, 0) is 14.3 Å². The van der Waals surface area contributed by atoms with Crippen LogP contribution in [0.2, 0.25) is 10.0 Å². The van der Waals surface area contributed by atoms with Gasteiger partial charge in [-0.05, 0) is 35.9 Å². The van der Waals surface area contributed by atoms with Gasteiger partial charge in [-0.1, -0.05) is 59.6 Å². The molecule has 2 heterocycles. The third kappa shape index (κ3) is 2.91. The number of nitrogens with zero attached hydrogens (tertiary/aromatic N) is 1. The van der Waals surface area contributed by atoms with E-state index in [9.17, 15) is 19.2 Å². The lowest BCUT2D eigenvalue weighted by Crippen LogP contribution is -2.51. The molecule has 1 aliphatic carbocycles. The summed E-state index contributed by atoms with van der Waals surface area (Å²) in [6, 6.07) is 17.4. The molecule has 36 heavy (non-hydrogen) atoms. The number of rotatable bonds is 3. The van der Waals surface area contributed by atoms with Gasteiger partial charge in [-0.2, -0.15) is 0 Å². The fourth-order valence-electron chi connectivity index (χ4n) is 5.55. The summed E-state index contributed by atoms with van der Waals surface area (Å²) >= 11 is 12.2. The van der Waals surface area contributed by atoms with Gasteiger partial charge in [0.2, 0.25) is 29.0 Å². The maximum absolute atomic E-state index is 14.0. The minimum atomic E-state index is -2.16. The molecule has 3 aromatic carbocycles. The van der Waals surface area contributed by atoms with Crippen molar-refractivity contribution in [3.8, 4) is 5.75 Å². The number of fused-ring (bicyclic) bond motifs is 3. The van der Waals surface area contributed by atoms with Gasteiger partial charge in [-0.3, -0.25) is 19.2 Å². The van der Waals surface area contributed by atoms with E-state index in [1.54, 1.807) is 42.5 Å². The summed E-state index contributed by atoms with van der Waals surface area (Å²) in [5.41, 5.74) is -1.18. The van der Waals surface area contributed by atoms with E-state index in [1.165, 1.54) is 31.4 Å². The Morgan fingerprint density at radius 3 is 2.06 bits per heavy atom. The maximum atomic E-state index is 14.0. The summed E-state index contributed by atoms with van der Waals surface area (Å²) in [4.78, 5) is 56.5. The highest BCUT2D eigenvalue weighted by molar-refractivity contribution is 6.37. The minimum Gasteiger partial charge on any atom is -0.495 e. The van der Waals surface area contributed by atoms with Crippen LogP contribution in [0, 0.1) is 11.8 Å². The molecule has 1 spiro atoms. The number of anilines is 1. The number of carbonyl (C=O) groups excluding carboxylic acids is 4. The number of ether oxygens (including phenoxy) is 2. The fraction of sp³-hybridized carbons (Fsp3) is 0.185. The van der Waals surface area contributed by atoms with E-state index in [1.807, 2.05) is 0 Å². The lowest BCUT2D eigenvalue weighted by atomic mass is 9.77.